The standard InChI is InChI=1S/C15H19ClO3S2/c1-21(18,19)14-7-2-4-11(8-14)15(17)10-20-13-6-3-5-12(16)9-13/h3,5-6,9,11,14H,2,4,7-8,10H2,1H3. The minimum atomic E-state index is -3.04. The highest BCUT2D eigenvalue weighted by Gasteiger charge is 2.32. The van der Waals surface area contributed by atoms with Gasteiger partial charge in [0.25, 0.3) is 0 Å². The van der Waals surface area contributed by atoms with Gasteiger partial charge in [-0.1, -0.05) is 24.1 Å². The third-order valence-corrected chi connectivity index (χ3v) is 6.75. The van der Waals surface area contributed by atoms with E-state index < -0.39 is 9.84 Å². The Balaban J connectivity index is 1.91. The lowest BCUT2D eigenvalue weighted by atomic mass is 9.86. The van der Waals surface area contributed by atoms with Crippen molar-refractivity contribution in [1.29, 1.82) is 0 Å². The van der Waals surface area contributed by atoms with Crippen LogP contribution in [0.4, 0.5) is 0 Å². The highest BCUT2D eigenvalue weighted by molar-refractivity contribution is 8.00. The average molecular weight is 347 g/mol. The average Bonchev–Trinajstić information content (AvgIpc) is 2.44. The van der Waals surface area contributed by atoms with Crippen molar-refractivity contribution >= 4 is 39.0 Å². The van der Waals surface area contributed by atoms with Gasteiger partial charge in [0.1, 0.15) is 15.6 Å². The van der Waals surface area contributed by atoms with Crippen LogP contribution in [0.5, 0.6) is 0 Å². The van der Waals surface area contributed by atoms with Crippen LogP contribution in [-0.4, -0.2) is 31.5 Å². The van der Waals surface area contributed by atoms with Crippen LogP contribution in [-0.2, 0) is 14.6 Å². The minimum Gasteiger partial charge on any atom is -0.298 e. The number of Topliss-reactive ketones (excluding diaryl/α,β-unsaturated/α-hetero) is 1. The molecule has 0 heterocycles. The summed E-state index contributed by atoms with van der Waals surface area (Å²) in [5.74, 6) is 0.403. The molecule has 1 fully saturated rings. The molecule has 1 aliphatic carbocycles. The quantitative estimate of drug-likeness (QED) is 0.764. The van der Waals surface area contributed by atoms with Gasteiger partial charge in [0.05, 0.1) is 11.0 Å². The first kappa shape index (κ1) is 16.8. The van der Waals surface area contributed by atoms with Gasteiger partial charge in [-0.2, -0.15) is 0 Å². The fourth-order valence-electron chi connectivity index (χ4n) is 2.66. The van der Waals surface area contributed by atoms with Gasteiger partial charge in [-0.15, -0.1) is 11.8 Å². The molecule has 0 bridgehead atoms. The monoisotopic (exact) mass is 346 g/mol. The Labute approximate surface area is 135 Å². The summed E-state index contributed by atoms with van der Waals surface area (Å²) < 4.78 is 23.3. The maximum absolute atomic E-state index is 12.3. The van der Waals surface area contributed by atoms with Crippen molar-refractivity contribution < 1.29 is 13.2 Å². The third kappa shape index (κ3) is 5.01. The molecule has 0 aliphatic heterocycles. The van der Waals surface area contributed by atoms with E-state index in [0.717, 1.165) is 17.7 Å². The molecule has 6 heteroatoms. The van der Waals surface area contributed by atoms with Crippen LogP contribution in [0.1, 0.15) is 25.7 Å². The third-order valence-electron chi connectivity index (χ3n) is 3.86. The first-order valence-electron chi connectivity index (χ1n) is 6.96. The highest BCUT2D eigenvalue weighted by Crippen LogP contribution is 2.31. The minimum absolute atomic E-state index is 0.120. The molecule has 2 rings (SSSR count). The molecule has 1 aromatic rings. The van der Waals surface area contributed by atoms with E-state index in [4.69, 9.17) is 11.6 Å². The number of ketones is 1. The lowest BCUT2D eigenvalue weighted by molar-refractivity contribution is -0.121. The molecule has 0 saturated heterocycles. The van der Waals surface area contributed by atoms with Gasteiger partial charge in [0.15, 0.2) is 0 Å². The van der Waals surface area contributed by atoms with Gasteiger partial charge < -0.3 is 0 Å². The highest BCUT2D eigenvalue weighted by atomic mass is 35.5. The number of hydrogen-bond donors (Lipinski definition) is 0. The second-order valence-electron chi connectivity index (χ2n) is 5.53. The maximum Gasteiger partial charge on any atom is 0.150 e. The van der Waals surface area contributed by atoms with Crippen LogP contribution in [0.2, 0.25) is 5.02 Å². The van der Waals surface area contributed by atoms with E-state index >= 15 is 0 Å². The van der Waals surface area contributed by atoms with Gasteiger partial charge in [-0.05, 0) is 37.5 Å². The number of benzene rings is 1. The summed E-state index contributed by atoms with van der Waals surface area (Å²) in [5.41, 5.74) is 0. The predicted molar refractivity (Wildman–Crippen MR) is 87.8 cm³/mol. The van der Waals surface area contributed by atoms with Crippen LogP contribution in [0.3, 0.4) is 0 Å². The van der Waals surface area contributed by atoms with Crippen molar-refractivity contribution in [2.75, 3.05) is 12.0 Å². The van der Waals surface area contributed by atoms with Crippen molar-refractivity contribution in [2.45, 2.75) is 35.8 Å². The molecule has 1 aliphatic rings. The van der Waals surface area contributed by atoms with Crippen molar-refractivity contribution in [1.82, 2.24) is 0 Å². The summed E-state index contributed by atoms with van der Waals surface area (Å²) in [5, 5.41) is 0.304. The summed E-state index contributed by atoms with van der Waals surface area (Å²) in [6.07, 6.45) is 4.06. The second-order valence-corrected chi connectivity index (χ2v) is 9.34. The molecule has 0 aromatic heterocycles. The van der Waals surface area contributed by atoms with Crippen LogP contribution >= 0.6 is 23.4 Å². The van der Waals surface area contributed by atoms with Gasteiger partial charge in [-0.3, -0.25) is 4.79 Å². The van der Waals surface area contributed by atoms with Crippen LogP contribution in [0, 0.1) is 5.92 Å². The van der Waals surface area contributed by atoms with Crippen molar-refractivity contribution in [3.8, 4) is 0 Å². The maximum atomic E-state index is 12.3. The van der Waals surface area contributed by atoms with Crippen LogP contribution in [0.15, 0.2) is 29.2 Å². The number of rotatable bonds is 5. The lowest BCUT2D eigenvalue weighted by Gasteiger charge is -2.26. The number of hydrogen-bond acceptors (Lipinski definition) is 4. The summed E-state index contributed by atoms with van der Waals surface area (Å²) in [7, 11) is -3.04. The van der Waals surface area contributed by atoms with Gasteiger partial charge in [-0.25, -0.2) is 8.42 Å². The Morgan fingerprint density at radius 2 is 2.14 bits per heavy atom. The molecular formula is C15H19ClO3S2. The van der Waals surface area contributed by atoms with Gasteiger partial charge >= 0.3 is 0 Å². The van der Waals surface area contributed by atoms with E-state index in [2.05, 4.69) is 0 Å². The molecule has 0 N–H and O–H groups in total. The molecule has 2 atom stereocenters. The van der Waals surface area contributed by atoms with E-state index in [1.54, 1.807) is 6.07 Å². The van der Waals surface area contributed by atoms with Gasteiger partial charge in [0, 0.05) is 22.1 Å². The number of thioether (sulfide) groups is 1. The van der Waals surface area contributed by atoms with E-state index in [1.165, 1.54) is 18.0 Å². The number of halogens is 1. The Kier molecular flexibility index (Phi) is 5.74. The zero-order valence-corrected chi connectivity index (χ0v) is 14.3. The molecule has 21 heavy (non-hydrogen) atoms. The van der Waals surface area contributed by atoms with E-state index in [1.807, 2.05) is 18.2 Å². The molecule has 0 radical (unpaired) electrons. The van der Waals surface area contributed by atoms with Crippen molar-refractivity contribution in [3.63, 3.8) is 0 Å². The summed E-state index contributed by atoms with van der Waals surface area (Å²) in [6, 6.07) is 7.41. The summed E-state index contributed by atoms with van der Waals surface area (Å²) >= 11 is 7.37. The summed E-state index contributed by atoms with van der Waals surface area (Å²) in [4.78, 5) is 13.2. The van der Waals surface area contributed by atoms with Gasteiger partial charge in [0.2, 0.25) is 0 Å². The molecule has 3 nitrogen and oxygen atoms in total. The number of carbonyl (C=O) groups is 1. The molecule has 116 valence electrons. The predicted octanol–water partition coefficient (Wildman–Crippen LogP) is 3.60. The van der Waals surface area contributed by atoms with Crippen molar-refractivity contribution in [3.05, 3.63) is 29.3 Å². The van der Waals surface area contributed by atoms with E-state index in [9.17, 15) is 13.2 Å². The van der Waals surface area contributed by atoms with Crippen molar-refractivity contribution in [2.24, 2.45) is 5.92 Å². The molecule has 0 spiro atoms. The second kappa shape index (κ2) is 7.16. The van der Waals surface area contributed by atoms with Crippen LogP contribution < -0.4 is 0 Å². The molecule has 1 aromatic carbocycles. The van der Waals surface area contributed by atoms with E-state index in [0.29, 0.717) is 23.6 Å². The zero-order chi connectivity index (χ0) is 15.5. The first-order chi connectivity index (χ1) is 9.86. The molecule has 1 saturated carbocycles. The Morgan fingerprint density at radius 3 is 2.81 bits per heavy atom. The Hall–Kier alpha value is -0.520. The Bertz CT molecular complexity index is 613. The lowest BCUT2D eigenvalue weighted by Crippen LogP contribution is -2.31. The molecular weight excluding hydrogens is 328 g/mol. The number of carbonyl (C=O) groups excluding carboxylic acids is 1. The van der Waals surface area contributed by atoms with E-state index in [-0.39, 0.29) is 17.0 Å². The zero-order valence-electron chi connectivity index (χ0n) is 11.9. The molecule has 0 amide bonds. The normalized spacial score (nSPS) is 23.0. The first-order valence-corrected chi connectivity index (χ1v) is 10.3. The fraction of sp³-hybridized carbons (Fsp3) is 0.533. The molecule has 2 unspecified atom stereocenters. The smallest absolute Gasteiger partial charge is 0.150 e. The SMILES string of the molecule is CS(=O)(=O)C1CCCC(C(=O)CSc2cccc(Cl)c2)C1. The largest absolute Gasteiger partial charge is 0.298 e. The van der Waals surface area contributed by atoms with Crippen LogP contribution in [0.25, 0.3) is 0 Å². The number of sulfone groups is 1. The summed E-state index contributed by atoms with van der Waals surface area (Å²) in [6.45, 7) is 0. The fourth-order valence-corrected chi connectivity index (χ4v) is 5.02. The topological polar surface area (TPSA) is 51.2 Å². The Morgan fingerprint density at radius 1 is 1.38 bits per heavy atom.